The topological polar surface area (TPSA) is 55.4 Å². The number of ether oxygens (including phenoxy) is 1. The van der Waals surface area contributed by atoms with Crippen molar-refractivity contribution in [3.05, 3.63) is 23.0 Å². The van der Waals surface area contributed by atoms with Crippen LogP contribution in [0.3, 0.4) is 0 Å². The average Bonchev–Trinajstić information content (AvgIpc) is 2.46. The molecule has 0 heterocycles. The number of halogens is 2. The van der Waals surface area contributed by atoms with E-state index in [2.05, 4.69) is 5.32 Å². The zero-order valence-electron chi connectivity index (χ0n) is 16.1. The van der Waals surface area contributed by atoms with Gasteiger partial charge >= 0.3 is 5.97 Å². The van der Waals surface area contributed by atoms with Crippen LogP contribution in [-0.4, -0.2) is 23.2 Å². The molecule has 0 bridgehead atoms. The first-order valence-electron chi connectivity index (χ1n) is 8.59. The lowest BCUT2D eigenvalue weighted by molar-refractivity contribution is -0.146. The Morgan fingerprint density at radius 2 is 1.92 bits per heavy atom. The summed E-state index contributed by atoms with van der Waals surface area (Å²) in [6.07, 6.45) is 0.582. The lowest BCUT2D eigenvalue weighted by atomic mass is 9.92. The third-order valence-electron chi connectivity index (χ3n) is 3.24. The Morgan fingerprint density at radius 3 is 2.42 bits per heavy atom. The Balaban J connectivity index is 2.99. The third-order valence-corrected chi connectivity index (χ3v) is 5.07. The quantitative estimate of drug-likeness (QED) is 0.470. The molecule has 0 aliphatic heterocycles. The third kappa shape index (κ3) is 7.54. The Labute approximate surface area is 164 Å². The van der Waals surface area contributed by atoms with Crippen molar-refractivity contribution in [2.45, 2.75) is 70.6 Å². The maximum Gasteiger partial charge on any atom is 0.319 e. The number of nitrogens with one attached hydrogen (secondary N) is 1. The maximum absolute atomic E-state index is 14.2. The summed E-state index contributed by atoms with van der Waals surface area (Å²) in [5.74, 6) is -1.23. The van der Waals surface area contributed by atoms with Crippen molar-refractivity contribution in [1.29, 1.82) is 0 Å². The highest BCUT2D eigenvalue weighted by Crippen LogP contribution is 2.36. The Hall–Kier alpha value is -1.27. The van der Waals surface area contributed by atoms with Crippen LogP contribution in [0.2, 0.25) is 5.02 Å². The van der Waals surface area contributed by atoms with Gasteiger partial charge in [-0.2, -0.15) is 0 Å². The monoisotopic (exact) mass is 403 g/mol. The number of carbonyl (C=O) groups excluding carboxylic acids is 2. The molecule has 1 amide bonds. The number of esters is 1. The number of thioether (sulfide) groups is 1. The van der Waals surface area contributed by atoms with Gasteiger partial charge in [0.05, 0.1) is 16.8 Å². The van der Waals surface area contributed by atoms with E-state index in [0.29, 0.717) is 11.3 Å². The summed E-state index contributed by atoms with van der Waals surface area (Å²) in [5.41, 5.74) is -0.156. The Morgan fingerprint density at radius 1 is 1.31 bits per heavy atom. The van der Waals surface area contributed by atoms with Crippen LogP contribution in [-0.2, 0) is 14.3 Å². The lowest BCUT2D eigenvalue weighted by Crippen LogP contribution is -2.23. The zero-order valence-corrected chi connectivity index (χ0v) is 17.7. The van der Waals surface area contributed by atoms with Gasteiger partial charge < -0.3 is 10.1 Å². The molecule has 0 saturated carbocycles. The first-order valence-corrected chi connectivity index (χ1v) is 9.84. The molecule has 1 atom stereocenters. The van der Waals surface area contributed by atoms with Crippen LogP contribution in [0.5, 0.6) is 0 Å². The van der Waals surface area contributed by atoms with Gasteiger partial charge in [0.1, 0.15) is 11.1 Å². The predicted octanol–water partition coefficient (Wildman–Crippen LogP) is 5.68. The first kappa shape index (κ1) is 22.8. The molecule has 146 valence electrons. The summed E-state index contributed by atoms with van der Waals surface area (Å²) in [6, 6.07) is 2.62. The van der Waals surface area contributed by atoms with Gasteiger partial charge in [-0.1, -0.05) is 39.3 Å². The van der Waals surface area contributed by atoms with E-state index in [1.54, 1.807) is 13.8 Å². The second kappa shape index (κ2) is 9.60. The Kier molecular flexibility index (Phi) is 8.41. The molecule has 0 spiro atoms. The molecule has 26 heavy (non-hydrogen) atoms. The molecule has 1 rings (SSSR count). The van der Waals surface area contributed by atoms with E-state index >= 15 is 0 Å². The minimum atomic E-state index is -0.612. The number of anilines is 1. The standard InChI is InChI=1S/C19H27ClFNO3S/c1-7-15(18(24)25-11(2)3)26-16-9-14(13(21)8-12(16)20)22-17(23)10-19(4,5)6/h8-9,11,15H,7,10H2,1-6H3,(H,22,23). The van der Waals surface area contributed by atoms with Gasteiger partial charge in [0.2, 0.25) is 5.91 Å². The normalized spacial score (nSPS) is 12.8. The fraction of sp³-hybridized carbons (Fsp3) is 0.579. The van der Waals surface area contributed by atoms with E-state index < -0.39 is 11.1 Å². The van der Waals surface area contributed by atoms with Crippen molar-refractivity contribution in [3.63, 3.8) is 0 Å². The highest BCUT2D eigenvalue weighted by Gasteiger charge is 2.23. The molecule has 0 fully saturated rings. The van der Waals surface area contributed by atoms with Crippen LogP contribution in [0.15, 0.2) is 17.0 Å². The van der Waals surface area contributed by atoms with Crippen LogP contribution < -0.4 is 5.32 Å². The molecular weight excluding hydrogens is 377 g/mol. The van der Waals surface area contributed by atoms with Gasteiger partial charge in [0.25, 0.3) is 0 Å². The molecule has 0 aromatic heterocycles. The largest absolute Gasteiger partial charge is 0.462 e. The molecule has 7 heteroatoms. The maximum atomic E-state index is 14.2. The molecule has 1 aromatic rings. The van der Waals surface area contributed by atoms with Crippen molar-refractivity contribution in [2.75, 3.05) is 5.32 Å². The van der Waals surface area contributed by atoms with Gasteiger partial charge in [0.15, 0.2) is 0 Å². The van der Waals surface area contributed by atoms with Crippen LogP contribution in [0.25, 0.3) is 0 Å². The fourth-order valence-corrected chi connectivity index (χ4v) is 3.42. The van der Waals surface area contributed by atoms with Crippen molar-refractivity contribution >= 4 is 40.9 Å². The minimum absolute atomic E-state index is 0.0539. The minimum Gasteiger partial charge on any atom is -0.462 e. The van der Waals surface area contributed by atoms with Crippen LogP contribution in [0.4, 0.5) is 10.1 Å². The summed E-state index contributed by atoms with van der Waals surface area (Å²) in [5, 5.41) is 2.32. The molecular formula is C19H27ClFNO3S. The highest BCUT2D eigenvalue weighted by molar-refractivity contribution is 8.00. The van der Waals surface area contributed by atoms with E-state index in [4.69, 9.17) is 16.3 Å². The molecule has 0 saturated heterocycles. The summed E-state index contributed by atoms with van der Waals surface area (Å²) < 4.78 is 19.4. The zero-order chi connectivity index (χ0) is 20.1. The van der Waals surface area contributed by atoms with E-state index in [0.717, 1.165) is 6.07 Å². The fourth-order valence-electron chi connectivity index (χ4n) is 2.15. The first-order chi connectivity index (χ1) is 11.9. The van der Waals surface area contributed by atoms with Crippen LogP contribution in [0, 0.1) is 11.2 Å². The average molecular weight is 404 g/mol. The molecule has 0 aliphatic rings. The van der Waals surface area contributed by atoms with Gasteiger partial charge in [-0.25, -0.2) is 4.39 Å². The van der Waals surface area contributed by atoms with Gasteiger partial charge in [-0.3, -0.25) is 9.59 Å². The van der Waals surface area contributed by atoms with Gasteiger partial charge in [-0.05, 0) is 37.8 Å². The van der Waals surface area contributed by atoms with E-state index in [1.807, 2.05) is 27.7 Å². The number of rotatable bonds is 7. The molecule has 1 unspecified atom stereocenters. The molecule has 4 nitrogen and oxygen atoms in total. The molecule has 0 radical (unpaired) electrons. The van der Waals surface area contributed by atoms with Crippen LogP contribution in [0.1, 0.15) is 54.4 Å². The second-order valence-electron chi connectivity index (χ2n) is 7.55. The van der Waals surface area contributed by atoms with Crippen molar-refractivity contribution in [1.82, 2.24) is 0 Å². The predicted molar refractivity (Wildman–Crippen MR) is 105 cm³/mol. The van der Waals surface area contributed by atoms with Crippen molar-refractivity contribution in [3.8, 4) is 0 Å². The van der Waals surface area contributed by atoms with E-state index in [1.165, 1.54) is 17.8 Å². The summed E-state index contributed by atoms with van der Waals surface area (Å²) >= 11 is 7.33. The number of amides is 1. The van der Waals surface area contributed by atoms with Gasteiger partial charge in [0, 0.05) is 11.3 Å². The van der Waals surface area contributed by atoms with E-state index in [9.17, 15) is 14.0 Å². The SMILES string of the molecule is CCC(Sc1cc(NC(=O)CC(C)(C)C)c(F)cc1Cl)C(=O)OC(C)C. The van der Waals surface area contributed by atoms with Crippen molar-refractivity contribution < 1.29 is 18.7 Å². The molecule has 1 aromatic carbocycles. The smallest absolute Gasteiger partial charge is 0.319 e. The number of hydrogen-bond donors (Lipinski definition) is 1. The number of carbonyl (C=O) groups is 2. The lowest BCUT2D eigenvalue weighted by Gasteiger charge is -2.19. The summed E-state index contributed by atoms with van der Waals surface area (Å²) in [7, 11) is 0. The summed E-state index contributed by atoms with van der Waals surface area (Å²) in [6.45, 7) is 11.2. The Bertz CT molecular complexity index is 659. The molecule has 1 N–H and O–H groups in total. The van der Waals surface area contributed by atoms with Gasteiger partial charge in [-0.15, -0.1) is 11.8 Å². The number of hydrogen-bond acceptors (Lipinski definition) is 4. The second-order valence-corrected chi connectivity index (χ2v) is 9.20. The van der Waals surface area contributed by atoms with Crippen molar-refractivity contribution in [2.24, 2.45) is 5.41 Å². The number of benzene rings is 1. The van der Waals surface area contributed by atoms with Crippen LogP contribution >= 0.6 is 23.4 Å². The summed E-state index contributed by atoms with van der Waals surface area (Å²) in [4.78, 5) is 24.8. The van der Waals surface area contributed by atoms with E-state index in [-0.39, 0.29) is 40.5 Å². The highest BCUT2D eigenvalue weighted by atomic mass is 35.5. The molecule has 0 aliphatic carbocycles.